The second-order valence-electron chi connectivity index (χ2n) is 2.86. The standard InChI is InChI=1S/C8H14ClIN2O2/c1-2-8(10,7(11)14)12-6(13)4-3-5-9/h2-5H2,1H3,(H2,11,14)(H,12,13). The van der Waals surface area contributed by atoms with E-state index in [0.29, 0.717) is 25.1 Å². The predicted octanol–water partition coefficient (Wildman–Crippen LogP) is 1.15. The van der Waals surface area contributed by atoms with Gasteiger partial charge in [-0.25, -0.2) is 0 Å². The van der Waals surface area contributed by atoms with Crippen LogP contribution in [0.1, 0.15) is 26.2 Å². The van der Waals surface area contributed by atoms with Crippen LogP contribution in [0.4, 0.5) is 0 Å². The van der Waals surface area contributed by atoms with E-state index in [9.17, 15) is 9.59 Å². The molecule has 1 atom stereocenters. The van der Waals surface area contributed by atoms with Gasteiger partial charge < -0.3 is 11.1 Å². The molecule has 0 aromatic rings. The van der Waals surface area contributed by atoms with Crippen molar-refractivity contribution in [3.05, 3.63) is 0 Å². The molecule has 0 rings (SSSR count). The zero-order chi connectivity index (χ0) is 11.2. The van der Waals surface area contributed by atoms with E-state index in [4.69, 9.17) is 17.3 Å². The zero-order valence-corrected chi connectivity index (χ0v) is 10.9. The molecule has 2 amide bonds. The number of nitrogens with one attached hydrogen (secondary N) is 1. The summed E-state index contributed by atoms with van der Waals surface area (Å²) in [5.41, 5.74) is 5.17. The summed E-state index contributed by atoms with van der Waals surface area (Å²) < 4.78 is -0.971. The van der Waals surface area contributed by atoms with Gasteiger partial charge in [0.15, 0.2) is 3.55 Å². The van der Waals surface area contributed by atoms with Gasteiger partial charge in [-0.3, -0.25) is 9.59 Å². The molecule has 4 nitrogen and oxygen atoms in total. The SMILES string of the molecule is CCC(I)(NC(=O)CCCCl)C(N)=O. The average Bonchev–Trinajstić information content (AvgIpc) is 2.14. The molecule has 6 heteroatoms. The Balaban J connectivity index is 4.18. The maximum absolute atomic E-state index is 11.3. The Morgan fingerprint density at radius 1 is 1.57 bits per heavy atom. The molecule has 14 heavy (non-hydrogen) atoms. The molecule has 0 fully saturated rings. The smallest absolute Gasteiger partial charge is 0.253 e. The molecule has 0 radical (unpaired) electrons. The molecule has 0 aliphatic carbocycles. The molecule has 0 saturated carbocycles. The van der Waals surface area contributed by atoms with E-state index in [1.165, 1.54) is 0 Å². The molecule has 82 valence electrons. The van der Waals surface area contributed by atoms with Crippen molar-refractivity contribution in [2.75, 3.05) is 5.88 Å². The maximum atomic E-state index is 11.3. The van der Waals surface area contributed by atoms with Crippen LogP contribution in [0, 0.1) is 0 Å². The predicted molar refractivity (Wildman–Crippen MR) is 64.3 cm³/mol. The summed E-state index contributed by atoms with van der Waals surface area (Å²) in [6, 6.07) is 0. The number of alkyl halides is 2. The van der Waals surface area contributed by atoms with E-state index in [0.717, 1.165) is 0 Å². The lowest BCUT2D eigenvalue weighted by Crippen LogP contribution is -2.52. The molecule has 0 bridgehead atoms. The van der Waals surface area contributed by atoms with Crippen molar-refractivity contribution in [3.8, 4) is 0 Å². The van der Waals surface area contributed by atoms with Crippen LogP contribution in [0.25, 0.3) is 0 Å². The minimum absolute atomic E-state index is 0.194. The molecular formula is C8H14ClIN2O2. The van der Waals surface area contributed by atoms with E-state index in [2.05, 4.69) is 5.32 Å². The van der Waals surface area contributed by atoms with Crippen molar-refractivity contribution in [3.63, 3.8) is 0 Å². The number of carbonyl (C=O) groups is 2. The maximum Gasteiger partial charge on any atom is 0.253 e. The molecule has 1 unspecified atom stereocenters. The molecule has 0 saturated heterocycles. The number of halogens is 2. The van der Waals surface area contributed by atoms with E-state index in [1.54, 1.807) is 6.92 Å². The van der Waals surface area contributed by atoms with Crippen LogP contribution in [-0.2, 0) is 9.59 Å². The summed E-state index contributed by atoms with van der Waals surface area (Å²) >= 11 is 7.30. The third kappa shape index (κ3) is 4.45. The van der Waals surface area contributed by atoms with Gasteiger partial charge in [-0.15, -0.1) is 11.6 Å². The summed E-state index contributed by atoms with van der Waals surface area (Å²) in [5, 5.41) is 2.59. The second-order valence-corrected chi connectivity index (χ2v) is 5.08. The summed E-state index contributed by atoms with van der Waals surface area (Å²) in [4.78, 5) is 22.3. The van der Waals surface area contributed by atoms with Gasteiger partial charge >= 0.3 is 0 Å². The van der Waals surface area contributed by atoms with E-state index in [1.807, 2.05) is 22.6 Å². The highest BCUT2D eigenvalue weighted by Gasteiger charge is 2.32. The van der Waals surface area contributed by atoms with E-state index in [-0.39, 0.29) is 5.91 Å². The highest BCUT2D eigenvalue weighted by molar-refractivity contribution is 14.1. The fourth-order valence-electron chi connectivity index (χ4n) is 0.835. The third-order valence-corrected chi connectivity index (χ3v) is 3.58. The molecular weight excluding hydrogens is 318 g/mol. The minimum atomic E-state index is -0.971. The summed E-state index contributed by atoms with van der Waals surface area (Å²) in [7, 11) is 0. The van der Waals surface area contributed by atoms with Gasteiger partial charge in [0.25, 0.3) is 5.91 Å². The summed E-state index contributed by atoms with van der Waals surface area (Å²) in [5.74, 6) is -0.287. The molecule has 0 aromatic carbocycles. The molecule has 0 aliphatic rings. The first-order valence-corrected chi connectivity index (χ1v) is 5.93. The van der Waals surface area contributed by atoms with Crippen LogP contribution < -0.4 is 11.1 Å². The van der Waals surface area contributed by atoms with Crippen molar-refractivity contribution in [1.82, 2.24) is 5.32 Å². The molecule has 0 spiro atoms. The highest BCUT2D eigenvalue weighted by Crippen LogP contribution is 2.19. The van der Waals surface area contributed by atoms with Crippen LogP contribution in [0.5, 0.6) is 0 Å². The monoisotopic (exact) mass is 332 g/mol. The number of primary amides is 1. The Kier molecular flexibility index (Phi) is 6.43. The summed E-state index contributed by atoms with van der Waals surface area (Å²) in [6.45, 7) is 1.79. The highest BCUT2D eigenvalue weighted by atomic mass is 127. The van der Waals surface area contributed by atoms with Gasteiger partial charge in [-0.1, -0.05) is 6.92 Å². The minimum Gasteiger partial charge on any atom is -0.367 e. The largest absolute Gasteiger partial charge is 0.367 e. The lowest BCUT2D eigenvalue weighted by molar-refractivity contribution is -0.128. The number of rotatable bonds is 6. The number of hydrogen-bond acceptors (Lipinski definition) is 2. The van der Waals surface area contributed by atoms with Crippen LogP contribution in [-0.4, -0.2) is 21.2 Å². The Morgan fingerprint density at radius 2 is 2.14 bits per heavy atom. The lowest BCUT2D eigenvalue weighted by Gasteiger charge is -2.23. The Morgan fingerprint density at radius 3 is 2.50 bits per heavy atom. The van der Waals surface area contributed by atoms with Crippen molar-refractivity contribution in [2.45, 2.75) is 29.7 Å². The Bertz CT molecular complexity index is 225. The van der Waals surface area contributed by atoms with Crippen molar-refractivity contribution >= 4 is 46.0 Å². The van der Waals surface area contributed by atoms with Gasteiger partial charge in [-0.2, -0.15) is 0 Å². The van der Waals surface area contributed by atoms with Crippen LogP contribution in [0.2, 0.25) is 0 Å². The fourth-order valence-corrected chi connectivity index (χ4v) is 1.27. The molecule has 3 N–H and O–H groups in total. The molecule has 0 aliphatic heterocycles. The zero-order valence-electron chi connectivity index (χ0n) is 7.98. The van der Waals surface area contributed by atoms with Crippen LogP contribution in [0.15, 0.2) is 0 Å². The van der Waals surface area contributed by atoms with Crippen LogP contribution in [0.3, 0.4) is 0 Å². The quantitative estimate of drug-likeness (QED) is 0.435. The first kappa shape index (κ1) is 14.0. The van der Waals surface area contributed by atoms with Gasteiger partial charge in [0.05, 0.1) is 0 Å². The number of carbonyl (C=O) groups excluding carboxylic acids is 2. The van der Waals surface area contributed by atoms with E-state index < -0.39 is 9.45 Å². The molecule has 0 aromatic heterocycles. The van der Waals surface area contributed by atoms with Crippen LogP contribution >= 0.6 is 34.2 Å². The van der Waals surface area contributed by atoms with E-state index >= 15 is 0 Å². The van der Waals surface area contributed by atoms with Gasteiger partial charge in [0.2, 0.25) is 5.91 Å². The second kappa shape index (κ2) is 6.44. The van der Waals surface area contributed by atoms with Crippen molar-refractivity contribution in [1.29, 1.82) is 0 Å². The Hall–Kier alpha value is -0.0400. The van der Waals surface area contributed by atoms with Gasteiger partial charge in [0.1, 0.15) is 0 Å². The fraction of sp³-hybridized carbons (Fsp3) is 0.750. The normalized spacial score (nSPS) is 14.5. The summed E-state index contributed by atoms with van der Waals surface area (Å²) in [6.07, 6.45) is 1.39. The van der Waals surface area contributed by atoms with Crippen molar-refractivity contribution in [2.24, 2.45) is 5.73 Å². The number of hydrogen-bond donors (Lipinski definition) is 2. The topological polar surface area (TPSA) is 72.2 Å². The van der Waals surface area contributed by atoms with Gasteiger partial charge in [-0.05, 0) is 35.4 Å². The third-order valence-electron chi connectivity index (χ3n) is 1.75. The Labute approximate surface area is 102 Å². The number of nitrogens with two attached hydrogens (primary N) is 1. The average molecular weight is 333 g/mol. The lowest BCUT2D eigenvalue weighted by atomic mass is 10.2. The first-order chi connectivity index (χ1) is 6.46. The van der Waals surface area contributed by atoms with Crippen molar-refractivity contribution < 1.29 is 9.59 Å². The first-order valence-electron chi connectivity index (χ1n) is 4.32. The molecule has 0 heterocycles. The van der Waals surface area contributed by atoms with Gasteiger partial charge in [0, 0.05) is 12.3 Å². The number of amides is 2.